The summed E-state index contributed by atoms with van der Waals surface area (Å²) in [5.41, 5.74) is -2.57. The van der Waals surface area contributed by atoms with Crippen LogP contribution in [0.15, 0.2) is 53.3 Å². The van der Waals surface area contributed by atoms with E-state index in [0.717, 1.165) is 5.56 Å². The molecule has 37 heavy (non-hydrogen) atoms. The lowest BCUT2D eigenvalue weighted by atomic mass is 9.90. The summed E-state index contributed by atoms with van der Waals surface area (Å²) in [6.45, 7) is 3.92. The van der Waals surface area contributed by atoms with Crippen LogP contribution in [0, 0.1) is 0 Å². The molecule has 0 saturated carbocycles. The molecular formula is C25H26F6N4O2. The van der Waals surface area contributed by atoms with Crippen molar-refractivity contribution in [2.24, 2.45) is 0 Å². The van der Waals surface area contributed by atoms with Crippen molar-refractivity contribution in [2.45, 2.75) is 63.3 Å². The minimum Gasteiger partial charge on any atom is -0.369 e. The largest absolute Gasteiger partial charge is 0.416 e. The average molecular weight is 528 g/mol. The van der Waals surface area contributed by atoms with Gasteiger partial charge in [-0.1, -0.05) is 30.3 Å². The van der Waals surface area contributed by atoms with Crippen LogP contribution >= 0.6 is 0 Å². The maximum atomic E-state index is 13.4. The van der Waals surface area contributed by atoms with Crippen molar-refractivity contribution in [1.29, 1.82) is 0 Å². The van der Waals surface area contributed by atoms with Crippen LogP contribution in [-0.4, -0.2) is 32.7 Å². The molecule has 1 fully saturated rings. The predicted molar refractivity (Wildman–Crippen MR) is 122 cm³/mol. The van der Waals surface area contributed by atoms with Crippen molar-refractivity contribution in [3.63, 3.8) is 0 Å². The van der Waals surface area contributed by atoms with Crippen molar-refractivity contribution in [2.75, 3.05) is 6.54 Å². The van der Waals surface area contributed by atoms with Crippen LogP contribution < -0.4 is 5.69 Å². The normalized spacial score (nSPS) is 21.1. The van der Waals surface area contributed by atoms with Gasteiger partial charge in [0.25, 0.3) is 0 Å². The molecule has 0 spiro atoms. The third-order valence-electron chi connectivity index (χ3n) is 6.63. The Bertz CT molecular complexity index is 1220. The first kappa shape index (κ1) is 26.9. The molecule has 12 heteroatoms. The van der Waals surface area contributed by atoms with Crippen molar-refractivity contribution >= 4 is 0 Å². The molecule has 4 rings (SSSR count). The van der Waals surface area contributed by atoms with Gasteiger partial charge in [-0.2, -0.15) is 31.4 Å². The van der Waals surface area contributed by atoms with Gasteiger partial charge in [0.15, 0.2) is 0 Å². The predicted octanol–water partition coefficient (Wildman–Crippen LogP) is 6.18. The summed E-state index contributed by atoms with van der Waals surface area (Å²) in [6, 6.07) is 10.1. The molecule has 4 atom stereocenters. The molecule has 0 bridgehead atoms. The van der Waals surface area contributed by atoms with E-state index in [1.54, 1.807) is 0 Å². The Hall–Kier alpha value is -3.12. The smallest absolute Gasteiger partial charge is 0.369 e. The van der Waals surface area contributed by atoms with Crippen LogP contribution in [0.2, 0.25) is 0 Å². The molecule has 6 nitrogen and oxygen atoms in total. The van der Waals surface area contributed by atoms with Gasteiger partial charge in [-0.25, -0.2) is 9.89 Å². The third kappa shape index (κ3) is 6.07. The number of hydrogen-bond donors (Lipinski definition) is 2. The van der Waals surface area contributed by atoms with Gasteiger partial charge in [0.2, 0.25) is 0 Å². The number of nitrogens with zero attached hydrogens (tertiary/aromatic N) is 2. The molecule has 1 aliphatic heterocycles. The molecule has 0 aliphatic carbocycles. The number of hydrogen-bond acceptors (Lipinski definition) is 4. The number of halogens is 6. The number of ether oxygens (including phenoxy) is 1. The van der Waals surface area contributed by atoms with Gasteiger partial charge in [0.05, 0.1) is 35.4 Å². The summed E-state index contributed by atoms with van der Waals surface area (Å²) in [5.74, 6) is 0.410. The minimum absolute atomic E-state index is 0.109. The molecule has 1 saturated heterocycles. The Kier molecular flexibility index (Phi) is 7.52. The summed E-state index contributed by atoms with van der Waals surface area (Å²) >= 11 is 0. The summed E-state index contributed by atoms with van der Waals surface area (Å²) in [4.78, 5) is 16.3. The van der Waals surface area contributed by atoms with Crippen molar-refractivity contribution in [3.05, 3.63) is 87.1 Å². The van der Waals surface area contributed by atoms with Crippen LogP contribution in [0.4, 0.5) is 26.3 Å². The number of likely N-dealkylation sites (tertiary alicyclic amines) is 1. The molecule has 1 aliphatic rings. The van der Waals surface area contributed by atoms with E-state index in [2.05, 4.69) is 20.1 Å². The minimum atomic E-state index is -4.94. The Morgan fingerprint density at radius 2 is 1.62 bits per heavy atom. The number of piperidine rings is 1. The highest BCUT2D eigenvalue weighted by atomic mass is 19.4. The molecule has 4 unspecified atom stereocenters. The van der Waals surface area contributed by atoms with E-state index in [-0.39, 0.29) is 23.7 Å². The lowest BCUT2D eigenvalue weighted by Crippen LogP contribution is -2.44. The highest BCUT2D eigenvalue weighted by molar-refractivity contribution is 5.35. The first-order chi connectivity index (χ1) is 17.3. The average Bonchev–Trinajstić information content (AvgIpc) is 3.29. The van der Waals surface area contributed by atoms with E-state index in [9.17, 15) is 31.1 Å². The number of alkyl halides is 6. The molecule has 0 amide bonds. The summed E-state index contributed by atoms with van der Waals surface area (Å²) in [7, 11) is 0. The third-order valence-corrected chi connectivity index (χ3v) is 6.63. The molecule has 2 heterocycles. The van der Waals surface area contributed by atoms with E-state index in [0.29, 0.717) is 37.3 Å². The fraction of sp³-hybridized carbons (Fsp3) is 0.440. The molecule has 0 radical (unpaired) electrons. The second-order valence-electron chi connectivity index (χ2n) is 9.13. The second kappa shape index (κ2) is 10.3. The summed E-state index contributed by atoms with van der Waals surface area (Å²) in [6.07, 6.45) is -10.3. The summed E-state index contributed by atoms with van der Waals surface area (Å²) in [5, 5.41) is 6.37. The number of benzene rings is 2. The summed E-state index contributed by atoms with van der Waals surface area (Å²) < 4.78 is 86.6. The highest BCUT2D eigenvalue weighted by Crippen LogP contribution is 2.42. The first-order valence-corrected chi connectivity index (χ1v) is 11.7. The molecule has 2 N–H and O–H groups in total. The zero-order chi connectivity index (χ0) is 27.0. The monoisotopic (exact) mass is 528 g/mol. The Morgan fingerprint density at radius 1 is 1.00 bits per heavy atom. The van der Waals surface area contributed by atoms with Crippen molar-refractivity contribution < 1.29 is 31.1 Å². The fourth-order valence-electron chi connectivity index (χ4n) is 4.81. The highest BCUT2D eigenvalue weighted by Gasteiger charge is 2.40. The van der Waals surface area contributed by atoms with Gasteiger partial charge < -0.3 is 4.74 Å². The zero-order valence-corrected chi connectivity index (χ0v) is 20.0. The van der Waals surface area contributed by atoms with Crippen molar-refractivity contribution in [3.8, 4) is 0 Å². The lowest BCUT2D eigenvalue weighted by molar-refractivity contribution is -0.143. The van der Waals surface area contributed by atoms with Gasteiger partial charge in [-0.15, -0.1) is 0 Å². The topological polar surface area (TPSA) is 74.0 Å². The standard InChI is InChI=1S/C25H26F6N4O2/c1-14(22-32-23(36)34-33-22)35-10-6-9-20(21(35)16-7-4-3-5-8-16)37-15(2)17-11-18(24(26,27)28)13-19(12-17)25(29,30)31/h3-5,7-8,11-15,20-21H,6,9-10H2,1-2H3,(H2,32,33,34,36). The molecule has 3 aromatic rings. The Morgan fingerprint density at radius 3 is 2.16 bits per heavy atom. The maximum Gasteiger partial charge on any atom is 0.416 e. The number of aromatic amines is 2. The van der Waals surface area contributed by atoms with Gasteiger partial charge >= 0.3 is 18.0 Å². The number of nitrogens with one attached hydrogen (secondary N) is 2. The van der Waals surface area contributed by atoms with Crippen LogP contribution in [-0.2, 0) is 17.1 Å². The maximum absolute atomic E-state index is 13.4. The fourth-order valence-corrected chi connectivity index (χ4v) is 4.81. The number of rotatable bonds is 6. The molecule has 2 aromatic carbocycles. The zero-order valence-electron chi connectivity index (χ0n) is 20.0. The van der Waals surface area contributed by atoms with E-state index in [1.807, 2.05) is 37.3 Å². The Labute approximate surface area is 208 Å². The molecular weight excluding hydrogens is 502 g/mol. The first-order valence-electron chi connectivity index (χ1n) is 11.7. The number of aromatic nitrogens is 3. The lowest BCUT2D eigenvalue weighted by Gasteiger charge is -2.44. The van der Waals surface area contributed by atoms with E-state index in [4.69, 9.17) is 4.74 Å². The second-order valence-corrected chi connectivity index (χ2v) is 9.13. The van der Waals surface area contributed by atoms with E-state index >= 15 is 0 Å². The van der Waals surface area contributed by atoms with Gasteiger partial charge in [-0.3, -0.25) is 9.88 Å². The van der Waals surface area contributed by atoms with Gasteiger partial charge in [-0.05, 0) is 62.6 Å². The van der Waals surface area contributed by atoms with Gasteiger partial charge in [0, 0.05) is 0 Å². The van der Waals surface area contributed by atoms with Crippen LogP contribution in [0.1, 0.15) is 73.0 Å². The quantitative estimate of drug-likeness (QED) is 0.375. The van der Waals surface area contributed by atoms with E-state index in [1.165, 1.54) is 6.92 Å². The SMILES string of the molecule is CC(OC1CCCN(C(C)c2n[nH]c(=O)[nH]2)C1c1ccccc1)c1cc(C(F)(F)F)cc(C(F)(F)F)c1. The van der Waals surface area contributed by atoms with Crippen LogP contribution in [0.5, 0.6) is 0 Å². The Balaban J connectivity index is 1.68. The molecule has 200 valence electrons. The molecule has 1 aromatic heterocycles. The van der Waals surface area contributed by atoms with E-state index < -0.39 is 41.4 Å². The number of H-pyrrole nitrogens is 2. The van der Waals surface area contributed by atoms with Crippen molar-refractivity contribution in [1.82, 2.24) is 20.1 Å². The van der Waals surface area contributed by atoms with Crippen LogP contribution in [0.25, 0.3) is 0 Å². The van der Waals surface area contributed by atoms with Gasteiger partial charge in [0.1, 0.15) is 5.82 Å². The van der Waals surface area contributed by atoms with Crippen LogP contribution in [0.3, 0.4) is 0 Å².